The van der Waals surface area contributed by atoms with Gasteiger partial charge in [0.25, 0.3) is 17.4 Å². The molecule has 24 heavy (non-hydrogen) atoms. The number of hydrazine groups is 1. The van der Waals surface area contributed by atoms with Crippen LogP contribution in [0, 0.1) is 5.92 Å². The number of rotatable bonds is 3. The molecule has 2 fully saturated rings. The number of hydrogen-bond donors (Lipinski definition) is 2. The van der Waals surface area contributed by atoms with E-state index in [-0.39, 0.29) is 12.1 Å². The minimum Gasteiger partial charge on any atom is -0.322 e. The van der Waals surface area contributed by atoms with Crippen molar-refractivity contribution in [2.45, 2.75) is 44.7 Å². The number of pyridine rings is 1. The maximum atomic E-state index is 12.6. The van der Waals surface area contributed by atoms with Crippen molar-refractivity contribution in [3.8, 4) is 0 Å². The Morgan fingerprint density at radius 1 is 1.29 bits per heavy atom. The fraction of sp³-hybridized carbons (Fsp3) is 0.500. The van der Waals surface area contributed by atoms with E-state index in [0.29, 0.717) is 18.8 Å². The van der Waals surface area contributed by atoms with Gasteiger partial charge in [-0.05, 0) is 37.7 Å². The highest BCUT2D eigenvalue weighted by Gasteiger charge is 2.52. The maximum absolute atomic E-state index is 12.6. The standard InChI is InChI=1S/C16H20N4O4/c1-11-5-7-16(8-6-11)14(23)20(15(24)17-16)18-12(21)10-19-9-3-2-4-13(19)22/h2-4,9,11H,5-8,10H2,1H3,(H,17,24)(H,18,21). The zero-order valence-electron chi connectivity index (χ0n) is 13.4. The number of hydrogen-bond acceptors (Lipinski definition) is 4. The summed E-state index contributed by atoms with van der Waals surface area (Å²) < 4.78 is 1.20. The highest BCUT2D eigenvalue weighted by Crippen LogP contribution is 2.35. The fourth-order valence-electron chi connectivity index (χ4n) is 3.22. The summed E-state index contributed by atoms with van der Waals surface area (Å²) in [6.45, 7) is 1.85. The van der Waals surface area contributed by atoms with Gasteiger partial charge < -0.3 is 9.88 Å². The molecule has 1 saturated heterocycles. The van der Waals surface area contributed by atoms with Gasteiger partial charge in [-0.25, -0.2) is 4.79 Å². The Morgan fingerprint density at radius 2 is 2.00 bits per heavy atom. The van der Waals surface area contributed by atoms with Crippen LogP contribution in [0.3, 0.4) is 0 Å². The molecule has 1 spiro atoms. The van der Waals surface area contributed by atoms with Gasteiger partial charge in [0, 0.05) is 12.3 Å². The number of urea groups is 1. The maximum Gasteiger partial charge on any atom is 0.344 e. The lowest BCUT2D eigenvalue weighted by molar-refractivity contribution is -0.140. The topological polar surface area (TPSA) is 101 Å². The van der Waals surface area contributed by atoms with Crippen molar-refractivity contribution >= 4 is 17.8 Å². The lowest BCUT2D eigenvalue weighted by Crippen LogP contribution is -2.52. The smallest absolute Gasteiger partial charge is 0.322 e. The Hall–Kier alpha value is -2.64. The van der Waals surface area contributed by atoms with Gasteiger partial charge in [0.2, 0.25) is 0 Å². The molecule has 1 aliphatic heterocycles. The van der Waals surface area contributed by atoms with E-state index in [2.05, 4.69) is 17.7 Å². The van der Waals surface area contributed by atoms with Crippen LogP contribution in [-0.4, -0.2) is 33.0 Å². The van der Waals surface area contributed by atoms with Crippen LogP contribution in [0.4, 0.5) is 4.79 Å². The van der Waals surface area contributed by atoms with Crippen LogP contribution in [0.5, 0.6) is 0 Å². The molecule has 0 atom stereocenters. The SMILES string of the molecule is CC1CCC2(CC1)NC(=O)N(NC(=O)Cn1ccccc1=O)C2=O. The third kappa shape index (κ3) is 2.91. The van der Waals surface area contributed by atoms with Crippen LogP contribution < -0.4 is 16.3 Å². The molecular formula is C16H20N4O4. The van der Waals surface area contributed by atoms with E-state index in [9.17, 15) is 19.2 Å². The molecule has 1 aliphatic carbocycles. The number of carbonyl (C=O) groups is 3. The molecule has 3 rings (SSSR count). The quantitative estimate of drug-likeness (QED) is 0.782. The molecule has 2 heterocycles. The molecule has 8 heteroatoms. The normalized spacial score (nSPS) is 26.5. The number of aromatic nitrogens is 1. The van der Waals surface area contributed by atoms with Gasteiger partial charge in [-0.2, -0.15) is 5.01 Å². The number of carbonyl (C=O) groups excluding carboxylic acids is 3. The first-order chi connectivity index (χ1) is 11.4. The summed E-state index contributed by atoms with van der Waals surface area (Å²) in [7, 11) is 0. The number of nitrogens with one attached hydrogen (secondary N) is 2. The Labute approximate surface area is 138 Å². The molecule has 1 saturated carbocycles. The van der Waals surface area contributed by atoms with Gasteiger partial charge in [-0.3, -0.25) is 19.8 Å². The Kier molecular flexibility index (Phi) is 4.13. The monoisotopic (exact) mass is 332 g/mol. The summed E-state index contributed by atoms with van der Waals surface area (Å²) in [5.74, 6) is -0.505. The van der Waals surface area contributed by atoms with Crippen LogP contribution in [0.25, 0.3) is 0 Å². The second kappa shape index (κ2) is 6.10. The molecule has 0 bridgehead atoms. The Balaban J connectivity index is 1.68. The van der Waals surface area contributed by atoms with E-state index < -0.39 is 23.4 Å². The minimum absolute atomic E-state index is 0.263. The van der Waals surface area contributed by atoms with E-state index >= 15 is 0 Å². The van der Waals surface area contributed by atoms with Crippen molar-refractivity contribution in [1.29, 1.82) is 0 Å². The van der Waals surface area contributed by atoms with Crippen LogP contribution in [0.1, 0.15) is 32.6 Å². The lowest BCUT2D eigenvalue weighted by Gasteiger charge is -2.33. The van der Waals surface area contributed by atoms with E-state index in [0.717, 1.165) is 17.9 Å². The third-order valence-electron chi connectivity index (χ3n) is 4.74. The summed E-state index contributed by atoms with van der Waals surface area (Å²) in [6.07, 6.45) is 4.32. The molecule has 2 N–H and O–H groups in total. The Morgan fingerprint density at radius 3 is 2.67 bits per heavy atom. The molecule has 1 aromatic heterocycles. The first kappa shape index (κ1) is 16.2. The van der Waals surface area contributed by atoms with Gasteiger partial charge >= 0.3 is 6.03 Å². The van der Waals surface area contributed by atoms with Gasteiger partial charge in [-0.15, -0.1) is 0 Å². The largest absolute Gasteiger partial charge is 0.344 e. The van der Waals surface area contributed by atoms with Crippen molar-refractivity contribution in [1.82, 2.24) is 20.3 Å². The third-order valence-corrected chi connectivity index (χ3v) is 4.74. The number of nitrogens with zero attached hydrogens (tertiary/aromatic N) is 2. The Bertz CT molecular complexity index is 734. The highest BCUT2D eigenvalue weighted by molar-refractivity contribution is 6.07. The second-order valence-corrected chi connectivity index (χ2v) is 6.54. The van der Waals surface area contributed by atoms with Crippen molar-refractivity contribution in [3.05, 3.63) is 34.7 Å². The van der Waals surface area contributed by atoms with Crippen molar-refractivity contribution in [3.63, 3.8) is 0 Å². The average Bonchev–Trinajstić information content (AvgIpc) is 2.77. The van der Waals surface area contributed by atoms with E-state index in [1.54, 1.807) is 12.1 Å². The molecule has 0 radical (unpaired) electrons. The summed E-state index contributed by atoms with van der Waals surface area (Å²) in [5, 5.41) is 3.47. The molecule has 0 unspecified atom stereocenters. The van der Waals surface area contributed by atoms with E-state index in [4.69, 9.17) is 0 Å². The van der Waals surface area contributed by atoms with Crippen LogP contribution in [-0.2, 0) is 16.1 Å². The molecule has 0 aromatic carbocycles. The fourth-order valence-corrected chi connectivity index (χ4v) is 3.22. The number of imide groups is 1. The first-order valence-corrected chi connectivity index (χ1v) is 8.03. The van der Waals surface area contributed by atoms with Gasteiger partial charge in [-0.1, -0.05) is 13.0 Å². The van der Waals surface area contributed by atoms with Crippen LogP contribution in [0.15, 0.2) is 29.2 Å². The molecule has 1 aromatic rings. The van der Waals surface area contributed by atoms with Gasteiger partial charge in [0.05, 0.1) is 0 Å². The highest BCUT2D eigenvalue weighted by atomic mass is 16.2. The van der Waals surface area contributed by atoms with Crippen LogP contribution >= 0.6 is 0 Å². The van der Waals surface area contributed by atoms with Crippen LogP contribution in [0.2, 0.25) is 0 Å². The first-order valence-electron chi connectivity index (χ1n) is 8.03. The summed E-state index contributed by atoms with van der Waals surface area (Å²) >= 11 is 0. The van der Waals surface area contributed by atoms with Crippen molar-refractivity contribution in [2.75, 3.05) is 0 Å². The zero-order chi connectivity index (χ0) is 17.3. The molecule has 128 valence electrons. The predicted molar refractivity (Wildman–Crippen MR) is 84.6 cm³/mol. The molecule has 8 nitrogen and oxygen atoms in total. The van der Waals surface area contributed by atoms with E-state index in [1.165, 1.54) is 16.8 Å². The van der Waals surface area contributed by atoms with Gasteiger partial charge in [0.15, 0.2) is 0 Å². The predicted octanol–water partition coefficient (Wildman–Crippen LogP) is 0.380. The minimum atomic E-state index is -0.902. The van der Waals surface area contributed by atoms with Crippen molar-refractivity contribution < 1.29 is 14.4 Å². The summed E-state index contributed by atoms with van der Waals surface area (Å²) in [6, 6.07) is 3.91. The summed E-state index contributed by atoms with van der Waals surface area (Å²) in [4.78, 5) is 48.4. The zero-order valence-corrected chi connectivity index (χ0v) is 13.4. The number of amides is 4. The second-order valence-electron chi connectivity index (χ2n) is 6.54. The lowest BCUT2D eigenvalue weighted by atomic mass is 9.77. The molecular weight excluding hydrogens is 312 g/mol. The average molecular weight is 332 g/mol. The van der Waals surface area contributed by atoms with Gasteiger partial charge in [0.1, 0.15) is 12.1 Å². The van der Waals surface area contributed by atoms with Crippen molar-refractivity contribution in [2.24, 2.45) is 5.92 Å². The molecule has 2 aliphatic rings. The summed E-state index contributed by atoms with van der Waals surface area (Å²) in [5.41, 5.74) is 1.08. The van der Waals surface area contributed by atoms with E-state index in [1.807, 2.05) is 0 Å². The molecule has 4 amide bonds.